The number of aromatic nitrogens is 1. The van der Waals surface area contributed by atoms with Gasteiger partial charge in [-0.25, -0.2) is 0 Å². The first-order chi connectivity index (χ1) is 9.43. The third-order valence-electron chi connectivity index (χ3n) is 3.59. The molecule has 3 rings (SSSR count). The molecule has 1 aromatic heterocycles. The monoisotopic (exact) mass is 253 g/mol. The highest BCUT2D eigenvalue weighted by Gasteiger charge is 2.16. The molecule has 0 bridgehead atoms. The van der Waals surface area contributed by atoms with Gasteiger partial charge in [0.1, 0.15) is 0 Å². The van der Waals surface area contributed by atoms with E-state index < -0.39 is 0 Å². The Hall–Kier alpha value is -1.87. The van der Waals surface area contributed by atoms with Crippen LogP contribution in [0.25, 0.3) is 0 Å². The molecule has 0 saturated carbocycles. The normalized spacial score (nSPS) is 13.6. The Labute approximate surface area is 114 Å². The zero-order valence-electron chi connectivity index (χ0n) is 11.0. The van der Waals surface area contributed by atoms with Crippen molar-refractivity contribution in [1.29, 1.82) is 0 Å². The van der Waals surface area contributed by atoms with Crippen LogP contribution in [0.2, 0.25) is 0 Å². The van der Waals surface area contributed by atoms with E-state index in [2.05, 4.69) is 45.5 Å². The highest BCUT2D eigenvalue weighted by atomic mass is 15.2. The Morgan fingerprint density at radius 3 is 3.00 bits per heavy atom. The number of benzene rings is 1. The number of nitrogens with one attached hydrogen (secondary N) is 1. The van der Waals surface area contributed by atoms with E-state index in [0.29, 0.717) is 0 Å². The van der Waals surface area contributed by atoms with Crippen LogP contribution in [0.15, 0.2) is 48.8 Å². The Morgan fingerprint density at radius 2 is 2.11 bits per heavy atom. The first-order valence-corrected chi connectivity index (χ1v) is 6.86. The summed E-state index contributed by atoms with van der Waals surface area (Å²) in [6, 6.07) is 12.8. The van der Waals surface area contributed by atoms with Gasteiger partial charge < -0.3 is 10.2 Å². The van der Waals surface area contributed by atoms with Gasteiger partial charge in [0.05, 0.1) is 0 Å². The number of hydrogen-bond acceptors (Lipinski definition) is 3. The quantitative estimate of drug-likeness (QED) is 0.828. The standard InChI is InChI=1S/C16H19N3/c1-2-6-16-15(5-1)7-10-19(16)11-9-18-13-14-4-3-8-17-12-14/h1-6,8,12,18H,7,9-11,13H2. The molecule has 0 unspecified atom stereocenters. The lowest BCUT2D eigenvalue weighted by molar-refractivity contribution is 0.666. The molecule has 0 saturated heterocycles. The molecule has 3 nitrogen and oxygen atoms in total. The average Bonchev–Trinajstić information content (AvgIpc) is 2.88. The van der Waals surface area contributed by atoms with Gasteiger partial charge in [0.2, 0.25) is 0 Å². The topological polar surface area (TPSA) is 28.2 Å². The number of rotatable bonds is 5. The summed E-state index contributed by atoms with van der Waals surface area (Å²) in [4.78, 5) is 6.58. The van der Waals surface area contributed by atoms with Gasteiger partial charge in [0, 0.05) is 44.3 Å². The Morgan fingerprint density at radius 1 is 1.16 bits per heavy atom. The second kappa shape index (κ2) is 5.85. The van der Waals surface area contributed by atoms with Gasteiger partial charge in [0.25, 0.3) is 0 Å². The fourth-order valence-electron chi connectivity index (χ4n) is 2.59. The van der Waals surface area contributed by atoms with E-state index in [4.69, 9.17) is 0 Å². The molecule has 0 radical (unpaired) electrons. The van der Waals surface area contributed by atoms with Crippen LogP contribution in [0, 0.1) is 0 Å². The molecule has 0 amide bonds. The minimum Gasteiger partial charge on any atom is -0.370 e. The summed E-state index contributed by atoms with van der Waals surface area (Å²) < 4.78 is 0. The summed E-state index contributed by atoms with van der Waals surface area (Å²) in [6.45, 7) is 4.11. The average molecular weight is 253 g/mol. The molecule has 19 heavy (non-hydrogen) atoms. The predicted molar refractivity (Wildman–Crippen MR) is 78.3 cm³/mol. The molecule has 1 aromatic carbocycles. The lowest BCUT2D eigenvalue weighted by Gasteiger charge is -2.19. The fraction of sp³-hybridized carbons (Fsp3) is 0.312. The number of anilines is 1. The molecular weight excluding hydrogens is 234 g/mol. The molecule has 98 valence electrons. The summed E-state index contributed by atoms with van der Waals surface area (Å²) in [5.41, 5.74) is 4.13. The number of fused-ring (bicyclic) bond motifs is 1. The van der Waals surface area contributed by atoms with Crippen molar-refractivity contribution < 1.29 is 0 Å². The van der Waals surface area contributed by atoms with Crippen LogP contribution < -0.4 is 10.2 Å². The van der Waals surface area contributed by atoms with Crippen molar-refractivity contribution in [3.05, 3.63) is 59.9 Å². The lowest BCUT2D eigenvalue weighted by atomic mass is 10.2. The van der Waals surface area contributed by atoms with Gasteiger partial charge in [0.15, 0.2) is 0 Å². The largest absolute Gasteiger partial charge is 0.370 e. The van der Waals surface area contributed by atoms with Crippen molar-refractivity contribution in [3.8, 4) is 0 Å². The van der Waals surface area contributed by atoms with Crippen LogP contribution in [0.5, 0.6) is 0 Å². The minimum absolute atomic E-state index is 0.892. The Bertz CT molecular complexity index is 525. The van der Waals surface area contributed by atoms with Crippen LogP contribution >= 0.6 is 0 Å². The van der Waals surface area contributed by atoms with Crippen molar-refractivity contribution in [1.82, 2.24) is 10.3 Å². The Kier molecular flexibility index (Phi) is 3.75. The van der Waals surface area contributed by atoms with Crippen LogP contribution in [0.4, 0.5) is 5.69 Å². The molecule has 0 atom stereocenters. The van der Waals surface area contributed by atoms with Crippen molar-refractivity contribution in [2.45, 2.75) is 13.0 Å². The van der Waals surface area contributed by atoms with E-state index in [0.717, 1.165) is 26.2 Å². The number of pyridine rings is 1. The predicted octanol–water partition coefficient (Wildman–Crippen LogP) is 2.23. The van der Waals surface area contributed by atoms with E-state index in [1.807, 2.05) is 18.5 Å². The minimum atomic E-state index is 0.892. The summed E-state index contributed by atoms with van der Waals surface area (Å²) in [5.74, 6) is 0. The van der Waals surface area contributed by atoms with Gasteiger partial charge in [-0.3, -0.25) is 4.98 Å². The van der Waals surface area contributed by atoms with Crippen LogP contribution in [0.1, 0.15) is 11.1 Å². The van der Waals surface area contributed by atoms with Crippen LogP contribution in [-0.4, -0.2) is 24.6 Å². The molecule has 1 aliphatic rings. The molecule has 1 aliphatic heterocycles. The van der Waals surface area contributed by atoms with E-state index in [1.54, 1.807) is 0 Å². The van der Waals surface area contributed by atoms with E-state index in [-0.39, 0.29) is 0 Å². The fourth-order valence-corrected chi connectivity index (χ4v) is 2.59. The van der Waals surface area contributed by atoms with Gasteiger partial charge in [-0.2, -0.15) is 0 Å². The van der Waals surface area contributed by atoms with Gasteiger partial charge in [-0.1, -0.05) is 24.3 Å². The third kappa shape index (κ3) is 2.93. The number of nitrogens with zero attached hydrogens (tertiary/aromatic N) is 2. The number of hydrogen-bond donors (Lipinski definition) is 1. The van der Waals surface area contributed by atoms with Crippen molar-refractivity contribution >= 4 is 5.69 Å². The molecule has 2 aromatic rings. The van der Waals surface area contributed by atoms with Gasteiger partial charge >= 0.3 is 0 Å². The molecule has 0 fully saturated rings. The maximum atomic E-state index is 4.12. The molecule has 1 N–H and O–H groups in total. The summed E-state index contributed by atoms with van der Waals surface area (Å²) in [5, 5.41) is 3.48. The number of para-hydroxylation sites is 1. The zero-order chi connectivity index (χ0) is 12.9. The van der Waals surface area contributed by atoms with Gasteiger partial charge in [-0.15, -0.1) is 0 Å². The van der Waals surface area contributed by atoms with Crippen molar-refractivity contribution in [3.63, 3.8) is 0 Å². The van der Waals surface area contributed by atoms with E-state index in [1.165, 1.54) is 23.2 Å². The highest BCUT2D eigenvalue weighted by molar-refractivity contribution is 5.57. The first-order valence-electron chi connectivity index (χ1n) is 6.86. The molecule has 3 heteroatoms. The Balaban J connectivity index is 1.47. The smallest absolute Gasteiger partial charge is 0.0399 e. The van der Waals surface area contributed by atoms with Crippen LogP contribution in [-0.2, 0) is 13.0 Å². The first kappa shape index (κ1) is 12.2. The summed E-state index contributed by atoms with van der Waals surface area (Å²) in [7, 11) is 0. The van der Waals surface area contributed by atoms with E-state index >= 15 is 0 Å². The van der Waals surface area contributed by atoms with Crippen molar-refractivity contribution in [2.24, 2.45) is 0 Å². The van der Waals surface area contributed by atoms with Gasteiger partial charge in [-0.05, 0) is 29.7 Å². The second-order valence-corrected chi connectivity index (χ2v) is 4.90. The highest BCUT2D eigenvalue weighted by Crippen LogP contribution is 2.26. The maximum absolute atomic E-state index is 4.12. The van der Waals surface area contributed by atoms with Crippen LogP contribution in [0.3, 0.4) is 0 Å². The molecular formula is C16H19N3. The maximum Gasteiger partial charge on any atom is 0.0399 e. The third-order valence-corrected chi connectivity index (χ3v) is 3.59. The molecule has 2 heterocycles. The SMILES string of the molecule is c1cncc(CNCCN2CCc3ccccc32)c1. The summed E-state index contributed by atoms with van der Waals surface area (Å²) in [6.07, 6.45) is 4.90. The van der Waals surface area contributed by atoms with Crippen molar-refractivity contribution in [2.75, 3.05) is 24.5 Å². The second-order valence-electron chi connectivity index (χ2n) is 4.90. The lowest BCUT2D eigenvalue weighted by Crippen LogP contribution is -2.30. The van der Waals surface area contributed by atoms with E-state index in [9.17, 15) is 0 Å². The summed E-state index contributed by atoms with van der Waals surface area (Å²) >= 11 is 0. The molecule has 0 spiro atoms. The molecule has 0 aliphatic carbocycles. The zero-order valence-corrected chi connectivity index (χ0v) is 11.0.